The second-order valence-corrected chi connectivity index (χ2v) is 7.35. The Kier molecular flexibility index (Phi) is 4.33. The van der Waals surface area contributed by atoms with Crippen LogP contribution in [0, 0.1) is 0 Å². The lowest BCUT2D eigenvalue weighted by molar-refractivity contribution is 0.561. The molecule has 1 aromatic heterocycles. The molecule has 1 aliphatic rings. The van der Waals surface area contributed by atoms with Crippen LogP contribution in [0.1, 0.15) is 6.42 Å². The highest BCUT2D eigenvalue weighted by Gasteiger charge is 2.27. The van der Waals surface area contributed by atoms with Gasteiger partial charge in [-0.15, -0.1) is 0 Å². The third kappa shape index (κ3) is 3.40. The minimum Gasteiger partial charge on any atom is -0.355 e. The summed E-state index contributed by atoms with van der Waals surface area (Å²) in [6.07, 6.45) is 2.48. The fourth-order valence-electron chi connectivity index (χ4n) is 2.53. The maximum atomic E-state index is 12.4. The maximum absolute atomic E-state index is 12.4. The highest BCUT2D eigenvalue weighted by molar-refractivity contribution is 7.89. The van der Waals surface area contributed by atoms with Gasteiger partial charge in [-0.25, -0.2) is 18.1 Å². The van der Waals surface area contributed by atoms with E-state index in [9.17, 15) is 8.42 Å². The molecule has 3 rings (SSSR count). The fourth-order valence-corrected chi connectivity index (χ4v) is 4.09. The summed E-state index contributed by atoms with van der Waals surface area (Å²) in [7, 11) is -3.55. The topological polar surface area (TPSA) is 62.3 Å². The highest BCUT2D eigenvalue weighted by Crippen LogP contribution is 2.20. The van der Waals surface area contributed by atoms with Gasteiger partial charge >= 0.3 is 0 Å². The zero-order valence-electron chi connectivity index (χ0n) is 11.8. The Morgan fingerprint density at radius 1 is 1.23 bits per heavy atom. The molecule has 0 radical (unpaired) electrons. The molecule has 1 atom stereocenters. The second-order valence-electron chi connectivity index (χ2n) is 5.20. The number of nitrogens with one attached hydrogen (secondary N) is 1. The lowest BCUT2D eigenvalue weighted by Crippen LogP contribution is -2.37. The fraction of sp³-hybridized carbons (Fsp3) is 0.267. The monoisotopic (exact) mass is 337 g/mol. The van der Waals surface area contributed by atoms with Crippen molar-refractivity contribution >= 4 is 27.4 Å². The van der Waals surface area contributed by atoms with E-state index in [4.69, 9.17) is 11.6 Å². The molecule has 0 saturated carbocycles. The number of sulfonamides is 1. The van der Waals surface area contributed by atoms with Crippen molar-refractivity contribution in [1.29, 1.82) is 0 Å². The number of benzene rings is 1. The minimum atomic E-state index is -3.55. The van der Waals surface area contributed by atoms with Crippen LogP contribution in [0.2, 0.25) is 5.02 Å². The van der Waals surface area contributed by atoms with Crippen LogP contribution in [0.15, 0.2) is 53.6 Å². The molecule has 116 valence electrons. The van der Waals surface area contributed by atoms with Crippen molar-refractivity contribution in [2.75, 3.05) is 18.0 Å². The Morgan fingerprint density at radius 3 is 2.82 bits per heavy atom. The van der Waals surface area contributed by atoms with Crippen LogP contribution >= 0.6 is 11.6 Å². The number of halogens is 1. The van der Waals surface area contributed by atoms with Gasteiger partial charge in [-0.3, -0.25) is 0 Å². The van der Waals surface area contributed by atoms with E-state index in [1.165, 1.54) is 6.07 Å². The second kappa shape index (κ2) is 6.24. The van der Waals surface area contributed by atoms with Gasteiger partial charge in [0.2, 0.25) is 10.0 Å². The first kappa shape index (κ1) is 15.3. The number of pyridine rings is 1. The molecule has 0 bridgehead atoms. The molecular weight excluding hydrogens is 322 g/mol. The summed E-state index contributed by atoms with van der Waals surface area (Å²) in [4.78, 5) is 6.56. The summed E-state index contributed by atoms with van der Waals surface area (Å²) in [5.41, 5.74) is 0. The molecule has 0 amide bonds. The maximum Gasteiger partial charge on any atom is 0.240 e. The molecule has 0 unspecified atom stereocenters. The predicted octanol–water partition coefficient (Wildman–Crippen LogP) is 2.29. The van der Waals surface area contributed by atoms with Crippen LogP contribution in [0.25, 0.3) is 0 Å². The third-order valence-corrected chi connectivity index (χ3v) is 5.34. The quantitative estimate of drug-likeness (QED) is 0.929. The number of anilines is 1. The van der Waals surface area contributed by atoms with Gasteiger partial charge in [-0.2, -0.15) is 0 Å². The Bertz CT molecular complexity index is 752. The van der Waals surface area contributed by atoms with Crippen molar-refractivity contribution in [3.05, 3.63) is 53.7 Å². The van der Waals surface area contributed by atoms with E-state index in [1.807, 2.05) is 18.2 Å². The van der Waals surface area contributed by atoms with Crippen LogP contribution in [-0.2, 0) is 10.0 Å². The van der Waals surface area contributed by atoms with E-state index < -0.39 is 10.0 Å². The molecule has 1 aromatic carbocycles. The molecule has 7 heteroatoms. The summed E-state index contributed by atoms with van der Waals surface area (Å²) in [5.74, 6) is 0.868. The van der Waals surface area contributed by atoms with Crippen LogP contribution in [0.5, 0.6) is 0 Å². The Balaban J connectivity index is 1.69. The summed E-state index contributed by atoms with van der Waals surface area (Å²) < 4.78 is 27.5. The van der Waals surface area contributed by atoms with E-state index in [0.29, 0.717) is 11.6 Å². The Hall–Kier alpha value is -1.63. The Labute approximate surface area is 135 Å². The van der Waals surface area contributed by atoms with Gasteiger partial charge in [-0.05, 0) is 36.8 Å². The largest absolute Gasteiger partial charge is 0.355 e. The van der Waals surface area contributed by atoms with Gasteiger partial charge in [0.1, 0.15) is 5.82 Å². The van der Waals surface area contributed by atoms with Crippen molar-refractivity contribution < 1.29 is 8.42 Å². The number of aromatic nitrogens is 1. The van der Waals surface area contributed by atoms with Gasteiger partial charge in [-0.1, -0.05) is 23.7 Å². The molecule has 0 spiro atoms. The number of hydrogen-bond acceptors (Lipinski definition) is 4. The molecular formula is C15H16ClN3O2S. The molecule has 2 heterocycles. The lowest BCUT2D eigenvalue weighted by atomic mass is 10.3. The zero-order valence-corrected chi connectivity index (χ0v) is 13.4. The molecule has 22 heavy (non-hydrogen) atoms. The molecule has 2 aromatic rings. The number of hydrogen-bond donors (Lipinski definition) is 1. The Morgan fingerprint density at radius 2 is 2.09 bits per heavy atom. The summed E-state index contributed by atoms with van der Waals surface area (Å²) in [6.45, 7) is 1.39. The first-order valence-electron chi connectivity index (χ1n) is 6.98. The van der Waals surface area contributed by atoms with Crippen LogP contribution in [0.4, 0.5) is 5.82 Å². The van der Waals surface area contributed by atoms with Crippen molar-refractivity contribution in [3.63, 3.8) is 0 Å². The third-order valence-electron chi connectivity index (χ3n) is 3.59. The van der Waals surface area contributed by atoms with Gasteiger partial charge in [0.05, 0.1) is 4.90 Å². The predicted molar refractivity (Wildman–Crippen MR) is 86.6 cm³/mol. The van der Waals surface area contributed by atoms with Crippen molar-refractivity contribution in [2.45, 2.75) is 17.4 Å². The smallest absolute Gasteiger partial charge is 0.240 e. The van der Waals surface area contributed by atoms with Crippen LogP contribution in [0.3, 0.4) is 0 Å². The minimum absolute atomic E-state index is 0.133. The summed E-state index contributed by atoms with van der Waals surface area (Å²) >= 11 is 5.86. The molecule has 1 fully saturated rings. The van der Waals surface area contributed by atoms with E-state index in [1.54, 1.807) is 24.4 Å². The summed E-state index contributed by atoms with van der Waals surface area (Å²) in [6, 6.07) is 11.9. The zero-order chi connectivity index (χ0) is 15.6. The van der Waals surface area contributed by atoms with E-state index in [0.717, 1.165) is 18.8 Å². The standard InChI is InChI=1S/C15H16ClN3O2S/c16-12-4-3-5-14(10-12)22(20,21)18-13-7-9-19(11-13)15-6-1-2-8-17-15/h1-6,8,10,13,18H,7,9,11H2/t13-/m0/s1. The normalized spacial score (nSPS) is 18.6. The number of nitrogens with zero attached hydrogens (tertiary/aromatic N) is 2. The van der Waals surface area contributed by atoms with Gasteiger partial charge < -0.3 is 4.90 Å². The van der Waals surface area contributed by atoms with Crippen molar-refractivity contribution in [3.8, 4) is 0 Å². The first-order chi connectivity index (χ1) is 10.5. The molecule has 1 N–H and O–H groups in total. The molecule has 5 nitrogen and oxygen atoms in total. The first-order valence-corrected chi connectivity index (χ1v) is 8.84. The van der Waals surface area contributed by atoms with Crippen molar-refractivity contribution in [1.82, 2.24) is 9.71 Å². The molecule has 0 aliphatic carbocycles. The van der Waals surface area contributed by atoms with Gasteiger partial charge in [0, 0.05) is 30.4 Å². The SMILES string of the molecule is O=S(=O)(N[C@H]1CCN(c2ccccn2)C1)c1cccc(Cl)c1. The van der Waals surface area contributed by atoms with Gasteiger partial charge in [0.25, 0.3) is 0 Å². The van der Waals surface area contributed by atoms with E-state index >= 15 is 0 Å². The van der Waals surface area contributed by atoms with Gasteiger partial charge in [0.15, 0.2) is 0 Å². The number of rotatable bonds is 4. The highest BCUT2D eigenvalue weighted by atomic mass is 35.5. The van der Waals surface area contributed by atoms with E-state index in [-0.39, 0.29) is 10.9 Å². The average Bonchev–Trinajstić information content (AvgIpc) is 2.96. The lowest BCUT2D eigenvalue weighted by Gasteiger charge is -2.17. The van der Waals surface area contributed by atoms with Crippen LogP contribution < -0.4 is 9.62 Å². The molecule has 1 saturated heterocycles. The summed E-state index contributed by atoms with van der Waals surface area (Å²) in [5, 5.41) is 0.407. The van der Waals surface area contributed by atoms with Crippen LogP contribution in [-0.4, -0.2) is 32.5 Å². The molecule has 1 aliphatic heterocycles. The average molecular weight is 338 g/mol. The van der Waals surface area contributed by atoms with E-state index in [2.05, 4.69) is 14.6 Å². The van der Waals surface area contributed by atoms with Crippen molar-refractivity contribution in [2.24, 2.45) is 0 Å².